The number of ketones is 1. The summed E-state index contributed by atoms with van der Waals surface area (Å²) in [4.78, 5) is 41.3. The van der Waals surface area contributed by atoms with Gasteiger partial charge in [-0.15, -0.1) is 0 Å². The van der Waals surface area contributed by atoms with Gasteiger partial charge in [0.2, 0.25) is 0 Å². The molecule has 144 valence electrons. The molecular weight excluding hydrogens is 367 g/mol. The van der Waals surface area contributed by atoms with E-state index < -0.39 is 35.3 Å². The Labute approximate surface area is 159 Å². The van der Waals surface area contributed by atoms with Crippen molar-refractivity contribution in [2.75, 3.05) is 6.54 Å². The topological polar surface area (TPSA) is 108 Å². The summed E-state index contributed by atoms with van der Waals surface area (Å²) >= 11 is 0. The van der Waals surface area contributed by atoms with Gasteiger partial charge in [0.05, 0.1) is 11.6 Å². The van der Waals surface area contributed by atoms with Gasteiger partial charge in [-0.05, 0) is 42.3 Å². The Morgan fingerprint density at radius 1 is 1.14 bits per heavy atom. The van der Waals surface area contributed by atoms with Crippen LogP contribution in [0.1, 0.15) is 30.0 Å². The van der Waals surface area contributed by atoms with Crippen LogP contribution < -0.4 is 0 Å². The highest BCUT2D eigenvalue weighted by molar-refractivity contribution is 6.46. The first-order chi connectivity index (χ1) is 13.4. The van der Waals surface area contributed by atoms with Gasteiger partial charge in [0.25, 0.3) is 11.7 Å². The number of hydrogen-bond donors (Lipinski definition) is 2. The number of likely N-dealkylation sites (tertiary alicyclic amines) is 1. The van der Waals surface area contributed by atoms with Gasteiger partial charge in [0.1, 0.15) is 11.6 Å². The molecule has 2 heterocycles. The average molecular weight is 384 g/mol. The molecule has 1 aromatic heterocycles. The molecule has 0 aliphatic carbocycles. The molecular formula is C20H17FN2O5. The fraction of sp³-hybridized carbons (Fsp3) is 0.200. The van der Waals surface area contributed by atoms with Crippen molar-refractivity contribution in [3.63, 3.8) is 0 Å². The largest absolute Gasteiger partial charge is 0.507 e. The maximum Gasteiger partial charge on any atom is 0.303 e. The van der Waals surface area contributed by atoms with Gasteiger partial charge >= 0.3 is 5.97 Å². The maximum atomic E-state index is 13.2. The zero-order valence-electron chi connectivity index (χ0n) is 14.7. The van der Waals surface area contributed by atoms with Crippen LogP contribution in [-0.4, -0.2) is 44.3 Å². The Morgan fingerprint density at radius 3 is 2.46 bits per heavy atom. The summed E-state index contributed by atoms with van der Waals surface area (Å²) in [6.45, 7) is 0.0244. The minimum absolute atomic E-state index is 0.0244. The van der Waals surface area contributed by atoms with Crippen molar-refractivity contribution in [2.45, 2.75) is 18.9 Å². The van der Waals surface area contributed by atoms with Crippen molar-refractivity contribution < 1.29 is 29.0 Å². The summed E-state index contributed by atoms with van der Waals surface area (Å²) in [6.07, 6.45) is 2.98. The number of carbonyl (C=O) groups is 3. The standard InChI is InChI=1S/C20H17FN2O5/c21-14-7-5-12(6-8-14)18(26)16-17(13-3-1-9-22-11-13)23(20(28)19(16)27)10-2-4-15(24)25/h1,3,5-9,11,17,26H,2,4,10H2,(H,24,25)/b18-16+/t17-/m0/s1. The van der Waals surface area contributed by atoms with Gasteiger partial charge in [-0.2, -0.15) is 0 Å². The second kappa shape index (κ2) is 7.99. The Kier molecular flexibility index (Phi) is 5.49. The minimum atomic E-state index is -1.01. The number of carboxylic acids is 1. The molecule has 8 heteroatoms. The smallest absolute Gasteiger partial charge is 0.303 e. The third-order valence-electron chi connectivity index (χ3n) is 4.45. The molecule has 28 heavy (non-hydrogen) atoms. The molecule has 1 aromatic carbocycles. The lowest BCUT2D eigenvalue weighted by Gasteiger charge is -2.24. The van der Waals surface area contributed by atoms with E-state index in [1.165, 1.54) is 29.4 Å². The quantitative estimate of drug-likeness (QED) is 0.450. The average Bonchev–Trinajstić information content (AvgIpc) is 2.93. The number of rotatable bonds is 6. The number of hydrogen-bond acceptors (Lipinski definition) is 5. The van der Waals surface area contributed by atoms with E-state index in [1.807, 2.05) is 0 Å². The summed E-state index contributed by atoms with van der Waals surface area (Å²) in [5.74, 6) is -3.66. The number of carboxylic acid groups (broad SMARTS) is 1. The lowest BCUT2D eigenvalue weighted by molar-refractivity contribution is -0.140. The van der Waals surface area contributed by atoms with E-state index >= 15 is 0 Å². The van der Waals surface area contributed by atoms with E-state index in [2.05, 4.69) is 4.98 Å². The number of pyridine rings is 1. The highest BCUT2D eigenvalue weighted by atomic mass is 19.1. The molecule has 0 unspecified atom stereocenters. The predicted octanol–water partition coefficient (Wildman–Crippen LogP) is 2.51. The second-order valence-electron chi connectivity index (χ2n) is 6.28. The zero-order valence-corrected chi connectivity index (χ0v) is 14.7. The highest BCUT2D eigenvalue weighted by Gasteiger charge is 2.45. The monoisotopic (exact) mass is 384 g/mol. The van der Waals surface area contributed by atoms with E-state index in [4.69, 9.17) is 5.11 Å². The molecule has 0 saturated carbocycles. The van der Waals surface area contributed by atoms with E-state index in [-0.39, 0.29) is 30.5 Å². The number of aliphatic hydroxyl groups excluding tert-OH is 1. The number of carbonyl (C=O) groups excluding carboxylic acids is 2. The van der Waals surface area contributed by atoms with Crippen LogP contribution in [0.5, 0.6) is 0 Å². The number of Topliss-reactive ketones (excluding diaryl/α,β-unsaturated/α-hetero) is 1. The number of benzene rings is 1. The van der Waals surface area contributed by atoms with Gasteiger partial charge in [-0.3, -0.25) is 19.4 Å². The normalized spacial score (nSPS) is 18.5. The summed E-state index contributed by atoms with van der Waals surface area (Å²) in [5, 5.41) is 19.5. The van der Waals surface area contributed by atoms with E-state index in [0.29, 0.717) is 5.56 Å². The van der Waals surface area contributed by atoms with Crippen LogP contribution in [0.3, 0.4) is 0 Å². The van der Waals surface area contributed by atoms with Crippen LogP contribution in [0, 0.1) is 5.82 Å². The summed E-state index contributed by atoms with van der Waals surface area (Å²) in [7, 11) is 0. The second-order valence-corrected chi connectivity index (χ2v) is 6.28. The first kappa shape index (κ1) is 19.2. The van der Waals surface area contributed by atoms with Crippen LogP contribution in [-0.2, 0) is 14.4 Å². The molecule has 3 rings (SSSR count). The molecule has 2 N–H and O–H groups in total. The van der Waals surface area contributed by atoms with E-state index in [9.17, 15) is 23.9 Å². The maximum absolute atomic E-state index is 13.2. The summed E-state index contributed by atoms with van der Waals surface area (Å²) in [5.41, 5.74) is 0.555. The number of aliphatic hydroxyl groups is 1. The van der Waals surface area contributed by atoms with Crippen LogP contribution >= 0.6 is 0 Å². The molecule has 1 amide bonds. The molecule has 0 spiro atoms. The Bertz CT molecular complexity index is 941. The summed E-state index contributed by atoms with van der Waals surface area (Å²) < 4.78 is 13.2. The van der Waals surface area contributed by atoms with Crippen LogP contribution in [0.15, 0.2) is 54.4 Å². The number of halogens is 1. The fourth-order valence-electron chi connectivity index (χ4n) is 3.16. The Morgan fingerprint density at radius 2 is 1.86 bits per heavy atom. The molecule has 1 aliphatic rings. The molecule has 1 fully saturated rings. The Hall–Kier alpha value is -3.55. The van der Waals surface area contributed by atoms with Crippen molar-refractivity contribution in [3.8, 4) is 0 Å². The number of nitrogens with zero attached hydrogens (tertiary/aromatic N) is 2. The van der Waals surface area contributed by atoms with Gasteiger partial charge < -0.3 is 15.1 Å². The molecule has 0 bridgehead atoms. The fourth-order valence-corrected chi connectivity index (χ4v) is 3.16. The minimum Gasteiger partial charge on any atom is -0.507 e. The zero-order chi connectivity index (χ0) is 20.3. The van der Waals surface area contributed by atoms with Gasteiger partial charge in [-0.1, -0.05) is 6.07 Å². The first-order valence-corrected chi connectivity index (χ1v) is 8.56. The van der Waals surface area contributed by atoms with Crippen LogP contribution in [0.4, 0.5) is 4.39 Å². The molecule has 1 aliphatic heterocycles. The van der Waals surface area contributed by atoms with Crippen molar-refractivity contribution in [2.24, 2.45) is 0 Å². The number of aromatic nitrogens is 1. The molecule has 1 atom stereocenters. The molecule has 1 saturated heterocycles. The van der Waals surface area contributed by atoms with Crippen LogP contribution in [0.2, 0.25) is 0 Å². The van der Waals surface area contributed by atoms with Crippen molar-refractivity contribution in [3.05, 3.63) is 71.3 Å². The molecule has 0 radical (unpaired) electrons. The first-order valence-electron chi connectivity index (χ1n) is 8.56. The van der Waals surface area contributed by atoms with Crippen molar-refractivity contribution in [1.29, 1.82) is 0 Å². The highest BCUT2D eigenvalue weighted by Crippen LogP contribution is 2.39. The molecule has 7 nitrogen and oxygen atoms in total. The number of aliphatic carboxylic acids is 1. The SMILES string of the molecule is O=C(O)CCCN1C(=O)C(=O)/C(=C(/O)c2ccc(F)cc2)[C@@H]1c1cccnc1. The third-order valence-corrected chi connectivity index (χ3v) is 4.45. The summed E-state index contributed by atoms with van der Waals surface area (Å²) in [6, 6.07) is 7.27. The molecule has 2 aromatic rings. The predicted molar refractivity (Wildman–Crippen MR) is 96.5 cm³/mol. The lowest BCUT2D eigenvalue weighted by Crippen LogP contribution is -2.31. The lowest BCUT2D eigenvalue weighted by atomic mass is 9.96. The van der Waals surface area contributed by atoms with Crippen molar-refractivity contribution >= 4 is 23.4 Å². The van der Waals surface area contributed by atoms with Gasteiger partial charge in [-0.25, -0.2) is 4.39 Å². The Balaban J connectivity index is 2.07. The number of amides is 1. The van der Waals surface area contributed by atoms with Crippen molar-refractivity contribution in [1.82, 2.24) is 9.88 Å². The van der Waals surface area contributed by atoms with E-state index in [1.54, 1.807) is 12.1 Å². The van der Waals surface area contributed by atoms with E-state index in [0.717, 1.165) is 12.1 Å². The van der Waals surface area contributed by atoms with Gasteiger partial charge in [0.15, 0.2) is 0 Å². The van der Waals surface area contributed by atoms with Crippen LogP contribution in [0.25, 0.3) is 5.76 Å². The third kappa shape index (κ3) is 3.75. The van der Waals surface area contributed by atoms with Gasteiger partial charge in [0, 0.05) is 30.9 Å².